The average molecular weight is 668 g/mol. The van der Waals surface area contributed by atoms with Gasteiger partial charge in [-0.05, 0) is 57.8 Å². The predicted octanol–water partition coefficient (Wildman–Crippen LogP) is 7.09. The molecule has 0 radical (unpaired) electrons. The highest BCUT2D eigenvalue weighted by molar-refractivity contribution is 8.76. The van der Waals surface area contributed by atoms with Gasteiger partial charge >= 0.3 is 0 Å². The Labute approximate surface area is 282 Å². The van der Waals surface area contributed by atoms with Crippen LogP contribution in [0.4, 0.5) is 0 Å². The molecule has 0 fully saturated rings. The number of nitrogens with two attached hydrogens (primary N) is 1. The monoisotopic (exact) mass is 667 g/mol. The van der Waals surface area contributed by atoms with Crippen LogP contribution in [0.2, 0.25) is 0 Å². The third-order valence-corrected chi connectivity index (χ3v) is 8.67. The second-order valence-electron chi connectivity index (χ2n) is 10.8. The largest absolute Gasteiger partial charge is 0.384 e. The highest BCUT2D eigenvalue weighted by atomic mass is 33.1. The number of ether oxygens (including phenoxy) is 2. The van der Waals surface area contributed by atoms with Crippen LogP contribution in [0.25, 0.3) is 0 Å². The quantitative estimate of drug-likeness (QED) is 0.0370. The first-order chi connectivity index (χ1) is 21.8. The van der Waals surface area contributed by atoms with Gasteiger partial charge < -0.3 is 25.8 Å². The fourth-order valence-corrected chi connectivity index (χ4v) is 6.06. The van der Waals surface area contributed by atoms with Crippen LogP contribution in [0.15, 0.2) is 60.8 Å². The van der Waals surface area contributed by atoms with Crippen molar-refractivity contribution in [2.45, 2.75) is 91.1 Å². The Morgan fingerprint density at radius 2 is 1.31 bits per heavy atom. The number of unbranched alkanes of at least 4 members (excludes halogenated alkanes) is 2. The molecule has 0 spiro atoms. The van der Waals surface area contributed by atoms with Crippen molar-refractivity contribution in [1.29, 1.82) is 0 Å². The maximum absolute atomic E-state index is 12.4. The zero-order chi connectivity index (χ0) is 33.9. The van der Waals surface area contributed by atoms with Gasteiger partial charge in [0.05, 0.1) is 6.61 Å². The average Bonchev–Trinajstić information content (AvgIpc) is 3.00. The second-order valence-corrected chi connectivity index (χ2v) is 13.5. The Bertz CT molecular complexity index is 873. The van der Waals surface area contributed by atoms with E-state index >= 15 is 0 Å². The molecular formula is C35H61N3O5S2. The first-order valence-corrected chi connectivity index (χ1v) is 18.5. The molecule has 0 aromatic carbocycles. The summed E-state index contributed by atoms with van der Waals surface area (Å²) < 4.78 is 10.6. The van der Waals surface area contributed by atoms with Gasteiger partial charge in [0.2, 0.25) is 18.2 Å². The molecular weight excluding hydrogens is 607 g/mol. The Morgan fingerprint density at radius 3 is 1.84 bits per heavy atom. The molecule has 3 amide bonds. The normalized spacial score (nSPS) is 12.7. The molecule has 0 rings (SSSR count). The number of primary amides is 1. The summed E-state index contributed by atoms with van der Waals surface area (Å²) in [7, 11) is 6.79. The Hall–Kier alpha value is -2.27. The molecule has 0 aromatic heterocycles. The molecule has 0 saturated heterocycles. The van der Waals surface area contributed by atoms with E-state index in [1.165, 1.54) is 0 Å². The van der Waals surface area contributed by atoms with Gasteiger partial charge in [-0.1, -0.05) is 103 Å². The molecule has 0 heterocycles. The van der Waals surface area contributed by atoms with Gasteiger partial charge in [-0.3, -0.25) is 14.4 Å². The van der Waals surface area contributed by atoms with E-state index in [2.05, 4.69) is 84.1 Å². The second kappa shape index (κ2) is 34.6. The standard InChI is InChI=1S/C34H58N2O4S2.CH3NO/c1-6-7-8-9-10-11-12-13-14-15-16-17-18-19-20-21-22-25-31(37)35-27-29-42-41-28-24-23-26-36-33(38)32(40-5)34(2,3)30-39-4;2-1-3/h7-8,10-11,13-14,16-17,19-20,32H,6,9,12,15,18,21-30H2,1-5H3,(H,35,37)(H,36,38);1H,(H2,2,3)/b8-7-,11-10-,14-13-,17-16-,20-19-;/t32-;/m0./s1. The lowest BCUT2D eigenvalue weighted by atomic mass is 9.86. The van der Waals surface area contributed by atoms with Crippen molar-refractivity contribution in [3.05, 3.63) is 60.8 Å². The van der Waals surface area contributed by atoms with Crippen LogP contribution in [0.5, 0.6) is 0 Å². The van der Waals surface area contributed by atoms with E-state index in [1.54, 1.807) is 25.0 Å². The van der Waals surface area contributed by atoms with Crippen LogP contribution in [0.1, 0.15) is 85.0 Å². The van der Waals surface area contributed by atoms with Gasteiger partial charge in [-0.2, -0.15) is 0 Å². The van der Waals surface area contributed by atoms with Crippen LogP contribution in [-0.2, 0) is 23.9 Å². The van der Waals surface area contributed by atoms with Crippen LogP contribution < -0.4 is 16.4 Å². The Morgan fingerprint density at radius 1 is 0.778 bits per heavy atom. The van der Waals surface area contributed by atoms with Gasteiger partial charge in [0, 0.05) is 50.7 Å². The number of nitrogens with one attached hydrogen (secondary N) is 2. The molecule has 0 aliphatic heterocycles. The van der Waals surface area contributed by atoms with Crippen LogP contribution in [-0.4, -0.2) is 69.8 Å². The summed E-state index contributed by atoms with van der Waals surface area (Å²) in [6.07, 6.45) is 31.0. The fourth-order valence-electron chi connectivity index (χ4n) is 4.01. The number of carbonyl (C=O) groups is 3. The van der Waals surface area contributed by atoms with Crippen molar-refractivity contribution >= 4 is 39.8 Å². The molecule has 0 bridgehead atoms. The number of hydrogen-bond donors (Lipinski definition) is 3. The third kappa shape index (κ3) is 31.5. The summed E-state index contributed by atoms with van der Waals surface area (Å²) in [5.41, 5.74) is 3.78. The molecule has 45 heavy (non-hydrogen) atoms. The molecule has 4 N–H and O–H groups in total. The SMILES string of the molecule is CC/C=C\C/C=C\C/C=C\C/C=C\C/C=C\CCCC(=O)NCCSSCCCCNC(=O)[C@H](OC)C(C)(C)COC.NC=O. The minimum Gasteiger partial charge on any atom is -0.384 e. The lowest BCUT2D eigenvalue weighted by Gasteiger charge is -2.31. The van der Waals surface area contributed by atoms with Crippen molar-refractivity contribution in [2.75, 3.05) is 45.4 Å². The van der Waals surface area contributed by atoms with E-state index in [0.717, 1.165) is 69.3 Å². The molecule has 0 aliphatic rings. The van der Waals surface area contributed by atoms with Gasteiger partial charge in [0.15, 0.2) is 0 Å². The van der Waals surface area contributed by atoms with Crippen molar-refractivity contribution in [1.82, 2.24) is 10.6 Å². The van der Waals surface area contributed by atoms with E-state index in [4.69, 9.17) is 14.3 Å². The molecule has 10 heteroatoms. The highest BCUT2D eigenvalue weighted by Crippen LogP contribution is 2.24. The fraction of sp³-hybridized carbons (Fsp3) is 0.629. The summed E-state index contributed by atoms with van der Waals surface area (Å²) in [5.74, 6) is 1.96. The lowest BCUT2D eigenvalue weighted by molar-refractivity contribution is -0.140. The summed E-state index contributed by atoms with van der Waals surface area (Å²) in [4.78, 5) is 33.0. The van der Waals surface area contributed by atoms with E-state index < -0.39 is 6.10 Å². The smallest absolute Gasteiger partial charge is 0.249 e. The van der Waals surface area contributed by atoms with Crippen molar-refractivity contribution in [3.8, 4) is 0 Å². The third-order valence-electron chi connectivity index (χ3n) is 6.18. The first kappa shape index (κ1) is 44.9. The summed E-state index contributed by atoms with van der Waals surface area (Å²) >= 11 is 0. The number of amides is 3. The summed E-state index contributed by atoms with van der Waals surface area (Å²) in [5, 5.41) is 5.98. The molecule has 0 aliphatic carbocycles. The molecule has 0 unspecified atom stereocenters. The number of rotatable bonds is 27. The number of allylic oxidation sites excluding steroid dienone is 10. The van der Waals surface area contributed by atoms with Gasteiger partial charge in [-0.25, -0.2) is 0 Å². The Balaban J connectivity index is 0. The lowest BCUT2D eigenvalue weighted by Crippen LogP contribution is -2.47. The molecule has 0 saturated carbocycles. The van der Waals surface area contributed by atoms with Crippen molar-refractivity contribution in [3.63, 3.8) is 0 Å². The number of methoxy groups -OCH3 is 2. The van der Waals surface area contributed by atoms with Crippen LogP contribution in [0.3, 0.4) is 0 Å². The van der Waals surface area contributed by atoms with E-state index in [0.29, 0.717) is 26.1 Å². The maximum Gasteiger partial charge on any atom is 0.249 e. The molecule has 1 atom stereocenters. The first-order valence-electron chi connectivity index (χ1n) is 16.0. The summed E-state index contributed by atoms with van der Waals surface area (Å²) in [6, 6.07) is 0. The van der Waals surface area contributed by atoms with Gasteiger partial charge in [0.1, 0.15) is 6.10 Å². The van der Waals surface area contributed by atoms with Crippen molar-refractivity contribution < 1.29 is 23.9 Å². The zero-order valence-corrected chi connectivity index (χ0v) is 30.1. The van der Waals surface area contributed by atoms with E-state index in [1.807, 2.05) is 24.6 Å². The zero-order valence-electron chi connectivity index (χ0n) is 28.5. The molecule has 8 nitrogen and oxygen atoms in total. The highest BCUT2D eigenvalue weighted by Gasteiger charge is 2.35. The van der Waals surface area contributed by atoms with E-state index in [9.17, 15) is 9.59 Å². The van der Waals surface area contributed by atoms with Crippen molar-refractivity contribution in [2.24, 2.45) is 11.1 Å². The van der Waals surface area contributed by atoms with Crippen LogP contribution in [0, 0.1) is 5.41 Å². The molecule has 258 valence electrons. The molecule has 0 aromatic rings. The number of carbonyl (C=O) groups excluding carboxylic acids is 3. The Kier molecular flexibility index (Phi) is 34.5. The van der Waals surface area contributed by atoms with E-state index in [-0.39, 0.29) is 23.6 Å². The van der Waals surface area contributed by atoms with Gasteiger partial charge in [-0.15, -0.1) is 0 Å². The summed E-state index contributed by atoms with van der Waals surface area (Å²) in [6.45, 7) is 7.88. The van der Waals surface area contributed by atoms with Gasteiger partial charge in [0.25, 0.3) is 0 Å². The maximum atomic E-state index is 12.4. The topological polar surface area (TPSA) is 120 Å². The minimum atomic E-state index is -0.532. The number of hydrogen-bond acceptors (Lipinski definition) is 7. The minimum absolute atomic E-state index is 0.0878. The van der Waals surface area contributed by atoms with Crippen LogP contribution >= 0.6 is 21.6 Å². The predicted molar refractivity (Wildman–Crippen MR) is 195 cm³/mol.